The van der Waals surface area contributed by atoms with Crippen molar-refractivity contribution >= 4 is 53.1 Å². The second kappa shape index (κ2) is 10.1. The van der Waals surface area contributed by atoms with Gasteiger partial charge in [0, 0.05) is 17.9 Å². The van der Waals surface area contributed by atoms with Gasteiger partial charge in [0.25, 0.3) is 11.8 Å². The van der Waals surface area contributed by atoms with Crippen LogP contribution in [0.15, 0.2) is 33.6 Å². The molecule has 174 valence electrons. The number of aromatic carboxylic acids is 1. The van der Waals surface area contributed by atoms with Crippen LogP contribution in [0.25, 0.3) is 0 Å². The van der Waals surface area contributed by atoms with Gasteiger partial charge in [0.2, 0.25) is 6.04 Å². The topological polar surface area (TPSA) is 196 Å². The molecule has 1 fully saturated rings. The van der Waals surface area contributed by atoms with Crippen molar-refractivity contribution in [3.8, 4) is 0 Å². The molecule has 0 spiro atoms. The maximum absolute atomic E-state index is 12.6. The van der Waals surface area contributed by atoms with Crippen LogP contribution in [-0.4, -0.2) is 83.8 Å². The van der Waals surface area contributed by atoms with E-state index in [0.29, 0.717) is 10.6 Å². The number of aliphatic carboxylic acids is 1. The Morgan fingerprint density at radius 2 is 2.00 bits per heavy atom. The van der Waals surface area contributed by atoms with Gasteiger partial charge in [0.1, 0.15) is 22.1 Å². The molecule has 2 amide bonds. The number of Topliss-reactive ketones (excluding diaryl/α,β-unsaturated/α-hetero) is 1. The first-order valence-electron chi connectivity index (χ1n) is 9.44. The van der Waals surface area contributed by atoms with Gasteiger partial charge in [0.15, 0.2) is 11.5 Å². The van der Waals surface area contributed by atoms with Crippen molar-refractivity contribution in [1.82, 2.24) is 20.4 Å². The van der Waals surface area contributed by atoms with Gasteiger partial charge in [0.05, 0.1) is 0 Å². The quantitative estimate of drug-likeness (QED) is 0.172. The number of nitrogens with one attached hydrogen (secondary N) is 1. The van der Waals surface area contributed by atoms with Gasteiger partial charge >= 0.3 is 11.9 Å². The number of hydrogen-bond donors (Lipinski definition) is 3. The molecule has 0 aliphatic carbocycles. The summed E-state index contributed by atoms with van der Waals surface area (Å²) in [6.07, 6.45) is -0.0803. The highest BCUT2D eigenvalue weighted by Crippen LogP contribution is 2.41. The van der Waals surface area contributed by atoms with E-state index in [1.54, 1.807) is 0 Å². The largest absolute Gasteiger partial charge is 0.477 e. The first-order chi connectivity index (χ1) is 15.7. The van der Waals surface area contributed by atoms with E-state index in [1.807, 2.05) is 0 Å². The van der Waals surface area contributed by atoms with E-state index in [2.05, 4.69) is 20.7 Å². The third kappa shape index (κ3) is 4.88. The van der Waals surface area contributed by atoms with Crippen molar-refractivity contribution in [3.63, 3.8) is 0 Å². The Hall–Kier alpha value is -3.33. The van der Waals surface area contributed by atoms with Gasteiger partial charge in [-0.1, -0.05) is 6.92 Å². The summed E-state index contributed by atoms with van der Waals surface area (Å²) in [6, 6.07) is -0.141. The van der Waals surface area contributed by atoms with Crippen LogP contribution in [0.1, 0.15) is 23.8 Å². The second-order valence-electron chi connectivity index (χ2n) is 6.83. The highest BCUT2D eigenvalue weighted by Gasteiger charge is 2.54. The van der Waals surface area contributed by atoms with Gasteiger partial charge in [-0.2, -0.15) is 0 Å². The number of carbonyl (C=O) groups is 5. The third-order valence-electron chi connectivity index (χ3n) is 4.81. The summed E-state index contributed by atoms with van der Waals surface area (Å²) in [5.74, 6) is -4.52. The molecular formula is C18H17N5O8S2. The average Bonchev–Trinajstić information content (AvgIpc) is 2.80. The fourth-order valence-corrected chi connectivity index (χ4v) is 5.44. The molecule has 0 saturated carbocycles. The number of β-lactam (4-membered cyclic amide) rings is 1. The van der Waals surface area contributed by atoms with Gasteiger partial charge < -0.3 is 15.5 Å². The molecule has 0 aromatic carbocycles. The first kappa shape index (κ1) is 24.3. The molecule has 3 N–H and O–H groups in total. The molecule has 1 aromatic rings. The summed E-state index contributed by atoms with van der Waals surface area (Å²) in [5, 5.41) is 30.4. The number of thioether (sulfide) groups is 2. The molecule has 3 heterocycles. The Labute approximate surface area is 194 Å². The van der Waals surface area contributed by atoms with Crippen molar-refractivity contribution in [2.24, 2.45) is 5.18 Å². The third-order valence-corrected chi connectivity index (χ3v) is 7.15. The van der Waals surface area contributed by atoms with Crippen molar-refractivity contribution in [2.75, 3.05) is 11.5 Å². The maximum Gasteiger partial charge on any atom is 0.356 e. The molecular weight excluding hydrogens is 478 g/mol. The highest BCUT2D eigenvalue weighted by molar-refractivity contribution is 8.01. The first-order valence-corrected chi connectivity index (χ1v) is 11.5. The molecule has 0 radical (unpaired) electrons. The second-order valence-corrected chi connectivity index (χ2v) is 8.93. The van der Waals surface area contributed by atoms with Crippen LogP contribution in [0.3, 0.4) is 0 Å². The zero-order valence-electron chi connectivity index (χ0n) is 17.0. The summed E-state index contributed by atoms with van der Waals surface area (Å²) in [6.45, 7) is 1.47. The van der Waals surface area contributed by atoms with Crippen molar-refractivity contribution in [1.29, 1.82) is 0 Å². The summed E-state index contributed by atoms with van der Waals surface area (Å²) in [4.78, 5) is 71.2. The van der Waals surface area contributed by atoms with Crippen LogP contribution < -0.4 is 5.32 Å². The molecule has 3 atom stereocenters. The Balaban J connectivity index is 1.72. The summed E-state index contributed by atoms with van der Waals surface area (Å²) < 4.78 is 0. The number of hydrogen-bond acceptors (Lipinski definition) is 11. The maximum atomic E-state index is 12.6. The van der Waals surface area contributed by atoms with Crippen molar-refractivity contribution in [3.05, 3.63) is 34.0 Å². The highest BCUT2D eigenvalue weighted by atomic mass is 32.2. The van der Waals surface area contributed by atoms with E-state index in [9.17, 15) is 34.0 Å². The summed E-state index contributed by atoms with van der Waals surface area (Å²) in [5.41, 5.74) is -0.0103. The molecule has 15 heteroatoms. The lowest BCUT2D eigenvalue weighted by Crippen LogP contribution is -2.71. The van der Waals surface area contributed by atoms with Crippen molar-refractivity contribution < 1.29 is 34.2 Å². The Bertz CT molecular complexity index is 1060. The van der Waals surface area contributed by atoms with Crippen LogP contribution in [0.5, 0.6) is 0 Å². The summed E-state index contributed by atoms with van der Waals surface area (Å²) in [7, 11) is 0. The normalized spacial score (nSPS) is 20.4. The average molecular weight is 495 g/mol. The van der Waals surface area contributed by atoms with Gasteiger partial charge in [-0.3, -0.25) is 19.3 Å². The monoisotopic (exact) mass is 495 g/mol. The Morgan fingerprint density at radius 1 is 1.27 bits per heavy atom. The van der Waals surface area contributed by atoms with Gasteiger partial charge in [-0.05, 0) is 22.9 Å². The number of aromatic nitrogens is 2. The van der Waals surface area contributed by atoms with E-state index in [-0.39, 0.29) is 29.3 Å². The number of ketones is 1. The standard InChI is InChI=1S/C18H17N5O8S2/c1-2-9(24)11(22-31)14(25)19-12-15(26)23-13(18(29)30)7(6-33-16(12)23)5-32-10-4-3-8(17(27)28)20-21-10/h3-4,11-12,16H,2,5-6H2,1H3,(H,19,25)(H,27,28)(H,29,30)/t11?,12-,16+/m1/s1. The van der Waals surface area contributed by atoms with E-state index >= 15 is 0 Å². The number of carbonyl (C=O) groups excluding carboxylic acids is 3. The van der Waals surface area contributed by atoms with Crippen LogP contribution in [0, 0.1) is 4.91 Å². The smallest absolute Gasteiger partial charge is 0.356 e. The minimum absolute atomic E-state index is 0.0803. The lowest BCUT2D eigenvalue weighted by atomic mass is 10.0. The van der Waals surface area contributed by atoms with Gasteiger partial charge in [-0.25, -0.2) is 9.59 Å². The van der Waals surface area contributed by atoms with Crippen LogP contribution in [0.4, 0.5) is 0 Å². The van der Waals surface area contributed by atoms with E-state index in [1.165, 1.54) is 30.8 Å². The molecule has 1 saturated heterocycles. The lowest BCUT2D eigenvalue weighted by molar-refractivity contribution is -0.151. The van der Waals surface area contributed by atoms with Crippen LogP contribution >= 0.6 is 23.5 Å². The summed E-state index contributed by atoms with van der Waals surface area (Å²) >= 11 is 2.35. The zero-order chi connectivity index (χ0) is 24.3. The van der Waals surface area contributed by atoms with Gasteiger partial charge in [-0.15, -0.1) is 38.6 Å². The predicted molar refractivity (Wildman–Crippen MR) is 114 cm³/mol. The fourth-order valence-electron chi connectivity index (χ4n) is 3.14. The number of fused-ring (bicyclic) bond motifs is 1. The molecule has 2 aliphatic heterocycles. The minimum Gasteiger partial charge on any atom is -0.477 e. The van der Waals surface area contributed by atoms with E-state index in [4.69, 9.17) is 5.11 Å². The molecule has 0 bridgehead atoms. The number of nitroso groups, excluding NO2 is 1. The number of nitrogens with zero attached hydrogens (tertiary/aromatic N) is 4. The Morgan fingerprint density at radius 3 is 2.55 bits per heavy atom. The van der Waals surface area contributed by atoms with E-state index < -0.39 is 47.0 Å². The SMILES string of the molecule is CCC(=O)C(N=O)C(=O)N[C@@H]1C(=O)N2C(C(=O)O)=C(CSc3ccc(C(=O)O)nn3)CS[C@@H]12. The lowest BCUT2D eigenvalue weighted by Gasteiger charge is -2.49. The van der Waals surface area contributed by atoms with Crippen molar-refractivity contribution in [2.45, 2.75) is 35.8 Å². The molecule has 1 aromatic heterocycles. The molecule has 2 aliphatic rings. The molecule has 3 rings (SSSR count). The minimum atomic E-state index is -1.76. The van der Waals surface area contributed by atoms with Crippen LogP contribution in [0.2, 0.25) is 0 Å². The number of carboxylic acid groups (broad SMARTS) is 2. The zero-order valence-corrected chi connectivity index (χ0v) is 18.6. The number of carboxylic acids is 2. The molecule has 1 unspecified atom stereocenters. The molecule has 13 nitrogen and oxygen atoms in total. The number of rotatable bonds is 10. The number of amides is 2. The van der Waals surface area contributed by atoms with Crippen LogP contribution in [-0.2, 0) is 19.2 Å². The molecule has 33 heavy (non-hydrogen) atoms. The predicted octanol–water partition coefficient (Wildman–Crippen LogP) is 0.120. The fraction of sp³-hybridized carbons (Fsp3) is 0.389. The Kier molecular flexibility index (Phi) is 7.43. The van der Waals surface area contributed by atoms with E-state index in [0.717, 1.165) is 16.7 Å².